The van der Waals surface area contributed by atoms with Gasteiger partial charge in [0.2, 0.25) is 0 Å². The number of para-hydroxylation sites is 1. The van der Waals surface area contributed by atoms with Gasteiger partial charge in [-0.25, -0.2) is 0 Å². The fraction of sp³-hybridized carbons (Fsp3) is 0.400. The predicted molar refractivity (Wildman–Crippen MR) is 104 cm³/mol. The third-order valence-corrected chi connectivity index (χ3v) is 5.14. The van der Waals surface area contributed by atoms with E-state index in [1.807, 2.05) is 0 Å². The number of amides is 1. The molecule has 0 saturated heterocycles. The van der Waals surface area contributed by atoms with Crippen LogP contribution in [-0.4, -0.2) is 16.9 Å². The maximum absolute atomic E-state index is 12.5. The molecule has 1 N–H and O–H groups in total. The molecular weight excluding hydrogens is 371 g/mol. The van der Waals surface area contributed by atoms with E-state index in [9.17, 15) is 4.79 Å². The quantitative estimate of drug-likeness (QED) is 0.690. The lowest BCUT2D eigenvalue weighted by Crippen LogP contribution is -2.34. The van der Waals surface area contributed by atoms with Crippen LogP contribution in [-0.2, 0) is 6.61 Å². The van der Waals surface area contributed by atoms with Crippen molar-refractivity contribution in [2.45, 2.75) is 51.2 Å². The third kappa shape index (κ3) is 5.12. The van der Waals surface area contributed by atoms with E-state index in [0.717, 1.165) is 18.4 Å². The molecule has 0 atom stereocenters. The molecular formula is C20H22Cl2N2O2. The Balaban J connectivity index is 1.63. The zero-order valence-electron chi connectivity index (χ0n) is 14.5. The van der Waals surface area contributed by atoms with Crippen molar-refractivity contribution >= 4 is 29.1 Å². The molecule has 1 aromatic heterocycles. The molecule has 1 aliphatic rings. The van der Waals surface area contributed by atoms with Crippen LogP contribution in [0.15, 0.2) is 36.7 Å². The molecule has 1 aromatic carbocycles. The Bertz CT molecular complexity index is 739. The fourth-order valence-corrected chi connectivity index (χ4v) is 3.67. The summed E-state index contributed by atoms with van der Waals surface area (Å²) in [6.45, 7) is 0.237. The van der Waals surface area contributed by atoms with Gasteiger partial charge < -0.3 is 10.1 Å². The molecule has 1 amide bonds. The summed E-state index contributed by atoms with van der Waals surface area (Å²) < 4.78 is 5.72. The third-order valence-electron chi connectivity index (χ3n) is 4.55. The topological polar surface area (TPSA) is 51.2 Å². The highest BCUT2D eigenvalue weighted by atomic mass is 35.5. The van der Waals surface area contributed by atoms with Gasteiger partial charge in [0.05, 0.1) is 15.6 Å². The Kier molecular flexibility index (Phi) is 6.75. The van der Waals surface area contributed by atoms with Gasteiger partial charge in [-0.05, 0) is 31.0 Å². The summed E-state index contributed by atoms with van der Waals surface area (Å²) in [5, 5.41) is 4.04. The average Bonchev–Trinajstić information content (AvgIpc) is 2.90. The first-order chi connectivity index (χ1) is 12.6. The number of pyridine rings is 1. The zero-order valence-corrected chi connectivity index (χ0v) is 16.0. The number of rotatable bonds is 5. The molecule has 1 heterocycles. The first-order valence-electron chi connectivity index (χ1n) is 8.95. The molecule has 0 bridgehead atoms. The van der Waals surface area contributed by atoms with Crippen LogP contribution in [0.4, 0.5) is 0 Å². The number of carbonyl (C=O) groups excluding carboxylic acids is 1. The van der Waals surface area contributed by atoms with Crippen molar-refractivity contribution in [1.29, 1.82) is 0 Å². The molecule has 1 fully saturated rings. The fourth-order valence-electron chi connectivity index (χ4n) is 3.16. The lowest BCUT2D eigenvalue weighted by atomic mass is 10.1. The molecule has 4 nitrogen and oxygen atoms in total. The number of halogens is 2. The molecule has 0 unspecified atom stereocenters. The molecule has 6 heteroatoms. The Morgan fingerprint density at radius 3 is 2.50 bits per heavy atom. The average molecular weight is 393 g/mol. The second kappa shape index (κ2) is 9.24. The highest BCUT2D eigenvalue weighted by Gasteiger charge is 2.16. The summed E-state index contributed by atoms with van der Waals surface area (Å²) in [5.74, 6) is 0.353. The van der Waals surface area contributed by atoms with Crippen molar-refractivity contribution in [2.24, 2.45) is 0 Å². The number of nitrogens with one attached hydrogen (secondary N) is 1. The standard InChI is InChI=1S/C20H22Cl2N2O2/c21-17-8-5-9-18(22)19(17)26-13-14-10-15(12-23-11-14)20(25)24-16-6-3-1-2-4-7-16/h5,8-12,16H,1-4,6-7,13H2,(H,24,25). The van der Waals surface area contributed by atoms with Crippen LogP contribution in [0, 0.1) is 0 Å². The Morgan fingerprint density at radius 1 is 1.12 bits per heavy atom. The van der Waals surface area contributed by atoms with E-state index in [0.29, 0.717) is 21.4 Å². The van der Waals surface area contributed by atoms with Crippen molar-refractivity contribution in [3.63, 3.8) is 0 Å². The van der Waals surface area contributed by atoms with Gasteiger partial charge in [-0.2, -0.15) is 0 Å². The maximum Gasteiger partial charge on any atom is 0.253 e. The second-order valence-electron chi connectivity index (χ2n) is 6.58. The van der Waals surface area contributed by atoms with Gasteiger partial charge in [-0.1, -0.05) is 55.0 Å². The van der Waals surface area contributed by atoms with Crippen molar-refractivity contribution in [2.75, 3.05) is 0 Å². The lowest BCUT2D eigenvalue weighted by molar-refractivity contribution is 0.0933. The summed E-state index contributed by atoms with van der Waals surface area (Å²) in [4.78, 5) is 16.7. The first-order valence-corrected chi connectivity index (χ1v) is 9.70. The van der Waals surface area contributed by atoms with Crippen molar-refractivity contribution < 1.29 is 9.53 Å². The van der Waals surface area contributed by atoms with Crippen LogP contribution in [0.2, 0.25) is 10.0 Å². The largest absolute Gasteiger partial charge is 0.486 e. The summed E-state index contributed by atoms with van der Waals surface area (Å²) in [7, 11) is 0. The minimum Gasteiger partial charge on any atom is -0.486 e. The number of aromatic nitrogens is 1. The van der Waals surface area contributed by atoms with E-state index in [1.165, 1.54) is 25.7 Å². The Hall–Kier alpha value is -1.78. The molecule has 3 rings (SSSR count). The minimum absolute atomic E-state index is 0.0815. The molecule has 26 heavy (non-hydrogen) atoms. The summed E-state index contributed by atoms with van der Waals surface area (Å²) in [6.07, 6.45) is 10.2. The normalized spacial score (nSPS) is 15.3. The highest BCUT2D eigenvalue weighted by Crippen LogP contribution is 2.32. The van der Waals surface area contributed by atoms with Crippen molar-refractivity contribution in [3.8, 4) is 5.75 Å². The summed E-state index contributed by atoms with van der Waals surface area (Å²) >= 11 is 12.2. The van der Waals surface area contributed by atoms with Gasteiger partial charge in [-0.15, -0.1) is 0 Å². The number of nitrogens with zero attached hydrogens (tertiary/aromatic N) is 1. The van der Waals surface area contributed by atoms with Crippen LogP contribution < -0.4 is 10.1 Å². The summed E-state index contributed by atoms with van der Waals surface area (Å²) in [5.41, 5.74) is 1.33. The second-order valence-corrected chi connectivity index (χ2v) is 7.40. The Labute approximate surface area is 163 Å². The predicted octanol–water partition coefficient (Wildman–Crippen LogP) is 5.42. The number of benzene rings is 1. The van der Waals surface area contributed by atoms with Gasteiger partial charge in [-0.3, -0.25) is 9.78 Å². The van der Waals surface area contributed by atoms with Crippen LogP contribution in [0.5, 0.6) is 5.75 Å². The van der Waals surface area contributed by atoms with Crippen LogP contribution in [0.1, 0.15) is 54.4 Å². The minimum atomic E-state index is -0.0815. The number of carbonyl (C=O) groups is 1. The van der Waals surface area contributed by atoms with Gasteiger partial charge in [0.1, 0.15) is 6.61 Å². The SMILES string of the molecule is O=C(NC1CCCCCC1)c1cncc(COc2c(Cl)cccc2Cl)c1. The van der Waals surface area contributed by atoms with Crippen LogP contribution in [0.25, 0.3) is 0 Å². The Morgan fingerprint density at radius 2 is 1.81 bits per heavy atom. The molecule has 1 aliphatic carbocycles. The molecule has 2 aromatic rings. The zero-order chi connectivity index (χ0) is 18.4. The smallest absolute Gasteiger partial charge is 0.253 e. The lowest BCUT2D eigenvalue weighted by Gasteiger charge is -2.16. The molecule has 0 radical (unpaired) electrons. The first kappa shape index (κ1) is 19.0. The van der Waals surface area contributed by atoms with E-state index >= 15 is 0 Å². The highest BCUT2D eigenvalue weighted by molar-refractivity contribution is 6.37. The van der Waals surface area contributed by atoms with E-state index in [4.69, 9.17) is 27.9 Å². The van der Waals surface area contributed by atoms with Crippen molar-refractivity contribution in [1.82, 2.24) is 10.3 Å². The molecule has 0 aliphatic heterocycles. The van der Waals surface area contributed by atoms with Gasteiger partial charge in [0.25, 0.3) is 5.91 Å². The van der Waals surface area contributed by atoms with Gasteiger partial charge >= 0.3 is 0 Å². The number of ether oxygens (including phenoxy) is 1. The monoisotopic (exact) mass is 392 g/mol. The van der Waals surface area contributed by atoms with Gasteiger partial charge in [0, 0.05) is 24.0 Å². The summed E-state index contributed by atoms with van der Waals surface area (Å²) in [6, 6.07) is 7.25. The molecule has 0 spiro atoms. The number of hydrogen-bond acceptors (Lipinski definition) is 3. The van der Waals surface area contributed by atoms with Gasteiger partial charge in [0.15, 0.2) is 5.75 Å². The molecule has 1 saturated carbocycles. The van der Waals surface area contributed by atoms with E-state index in [1.54, 1.807) is 36.7 Å². The van der Waals surface area contributed by atoms with Crippen molar-refractivity contribution in [3.05, 3.63) is 57.8 Å². The molecule has 138 valence electrons. The van der Waals surface area contributed by atoms with Crippen LogP contribution in [0.3, 0.4) is 0 Å². The number of hydrogen-bond donors (Lipinski definition) is 1. The van der Waals surface area contributed by atoms with E-state index in [-0.39, 0.29) is 18.6 Å². The van der Waals surface area contributed by atoms with Crippen LogP contribution >= 0.6 is 23.2 Å². The maximum atomic E-state index is 12.5. The van der Waals surface area contributed by atoms with E-state index < -0.39 is 0 Å². The van der Waals surface area contributed by atoms with E-state index in [2.05, 4.69) is 10.3 Å².